The van der Waals surface area contributed by atoms with Gasteiger partial charge in [-0.15, -0.1) is 0 Å². The number of amides is 1. The number of carbonyl (C=O) groups is 2. The van der Waals surface area contributed by atoms with Crippen LogP contribution in [0.5, 0.6) is 0 Å². The van der Waals surface area contributed by atoms with E-state index in [2.05, 4.69) is 5.32 Å². The molecule has 0 radical (unpaired) electrons. The van der Waals surface area contributed by atoms with E-state index < -0.39 is 5.97 Å². The van der Waals surface area contributed by atoms with Crippen LogP contribution in [-0.4, -0.2) is 46.6 Å². The third kappa shape index (κ3) is 1.65. The quantitative estimate of drug-likeness (QED) is 0.785. The lowest BCUT2D eigenvalue weighted by molar-refractivity contribution is -0.143. The molecule has 1 aliphatic carbocycles. The third-order valence-corrected chi connectivity index (χ3v) is 6.12. The number of hydrogen-bond acceptors (Lipinski definition) is 3. The number of hydrogen-bond donors (Lipinski definition) is 2. The molecule has 2 bridgehead atoms. The SMILES string of the molecule is O=C(O)C1CC2CCC1N2C(=O)C1NCC2CCCC21. The Hall–Kier alpha value is -1.10. The standard InChI is InChI=1S/C15H22N2O3/c18-14(13-10-3-1-2-8(10)7-16-13)17-9-4-5-12(17)11(6-9)15(19)20/h8-13,16H,1-7H2,(H,19,20). The zero-order valence-corrected chi connectivity index (χ0v) is 11.6. The van der Waals surface area contributed by atoms with Gasteiger partial charge in [0.2, 0.25) is 5.91 Å². The van der Waals surface area contributed by atoms with Crippen molar-refractivity contribution in [2.75, 3.05) is 6.54 Å². The van der Waals surface area contributed by atoms with Crippen molar-refractivity contribution in [3.8, 4) is 0 Å². The Balaban J connectivity index is 1.53. The van der Waals surface area contributed by atoms with E-state index in [9.17, 15) is 14.7 Å². The molecule has 4 rings (SSSR count). The summed E-state index contributed by atoms with van der Waals surface area (Å²) >= 11 is 0. The van der Waals surface area contributed by atoms with Crippen LogP contribution < -0.4 is 5.32 Å². The third-order valence-electron chi connectivity index (χ3n) is 6.12. The molecule has 3 saturated heterocycles. The molecule has 20 heavy (non-hydrogen) atoms. The Kier molecular flexibility index (Phi) is 2.81. The van der Waals surface area contributed by atoms with E-state index in [0.29, 0.717) is 18.3 Å². The predicted octanol–water partition coefficient (Wildman–Crippen LogP) is 0.839. The maximum atomic E-state index is 12.9. The zero-order chi connectivity index (χ0) is 13.9. The highest BCUT2D eigenvalue weighted by Crippen LogP contribution is 2.44. The summed E-state index contributed by atoms with van der Waals surface area (Å²) in [7, 11) is 0. The van der Waals surface area contributed by atoms with E-state index in [0.717, 1.165) is 25.8 Å². The van der Waals surface area contributed by atoms with E-state index >= 15 is 0 Å². The van der Waals surface area contributed by atoms with Gasteiger partial charge in [0.05, 0.1) is 12.0 Å². The van der Waals surface area contributed by atoms with Crippen molar-refractivity contribution in [1.29, 1.82) is 0 Å². The smallest absolute Gasteiger partial charge is 0.308 e. The number of fused-ring (bicyclic) bond motifs is 3. The van der Waals surface area contributed by atoms with Gasteiger partial charge in [-0.25, -0.2) is 0 Å². The van der Waals surface area contributed by atoms with Crippen molar-refractivity contribution in [2.45, 2.75) is 56.7 Å². The van der Waals surface area contributed by atoms with Crippen LogP contribution in [0.2, 0.25) is 0 Å². The number of nitrogens with zero attached hydrogens (tertiary/aromatic N) is 1. The van der Waals surface area contributed by atoms with Crippen LogP contribution in [0.25, 0.3) is 0 Å². The van der Waals surface area contributed by atoms with Crippen molar-refractivity contribution in [3.63, 3.8) is 0 Å². The second kappa shape index (κ2) is 4.45. The van der Waals surface area contributed by atoms with Crippen LogP contribution in [-0.2, 0) is 9.59 Å². The first-order valence-corrected chi connectivity index (χ1v) is 7.95. The molecule has 3 heterocycles. The van der Waals surface area contributed by atoms with E-state index in [1.807, 2.05) is 4.90 Å². The minimum atomic E-state index is -0.729. The highest BCUT2D eigenvalue weighted by atomic mass is 16.4. The molecule has 1 amide bonds. The van der Waals surface area contributed by atoms with Gasteiger partial charge in [-0.1, -0.05) is 6.42 Å². The van der Waals surface area contributed by atoms with Gasteiger partial charge >= 0.3 is 5.97 Å². The Morgan fingerprint density at radius 2 is 2.00 bits per heavy atom. The zero-order valence-electron chi connectivity index (χ0n) is 11.6. The van der Waals surface area contributed by atoms with E-state index in [4.69, 9.17) is 0 Å². The second-order valence-corrected chi connectivity index (χ2v) is 6.97. The summed E-state index contributed by atoms with van der Waals surface area (Å²) in [5.41, 5.74) is 0. The molecular formula is C15H22N2O3. The molecule has 5 nitrogen and oxygen atoms in total. The summed E-state index contributed by atoms with van der Waals surface area (Å²) in [5, 5.41) is 12.7. The van der Waals surface area contributed by atoms with Crippen LogP contribution in [0.4, 0.5) is 0 Å². The molecule has 5 heteroatoms. The van der Waals surface area contributed by atoms with Crippen molar-refractivity contribution >= 4 is 11.9 Å². The highest BCUT2D eigenvalue weighted by Gasteiger charge is 2.54. The molecule has 0 aromatic heterocycles. The molecule has 0 spiro atoms. The Morgan fingerprint density at radius 1 is 1.15 bits per heavy atom. The fraction of sp³-hybridized carbons (Fsp3) is 0.867. The number of aliphatic carboxylic acids is 1. The Labute approximate surface area is 118 Å². The molecule has 3 aliphatic heterocycles. The van der Waals surface area contributed by atoms with Crippen molar-refractivity contribution in [1.82, 2.24) is 10.2 Å². The van der Waals surface area contributed by atoms with Crippen molar-refractivity contribution < 1.29 is 14.7 Å². The topological polar surface area (TPSA) is 69.6 Å². The molecule has 6 atom stereocenters. The lowest BCUT2D eigenvalue weighted by atomic mass is 9.89. The predicted molar refractivity (Wildman–Crippen MR) is 72.0 cm³/mol. The second-order valence-electron chi connectivity index (χ2n) is 6.97. The fourth-order valence-corrected chi connectivity index (χ4v) is 5.22. The summed E-state index contributed by atoms with van der Waals surface area (Å²) in [6, 6.07) is 0.0845. The average Bonchev–Trinajstić information content (AvgIpc) is 3.16. The Bertz CT molecular complexity index is 452. The average molecular weight is 278 g/mol. The summed E-state index contributed by atoms with van der Waals surface area (Å²) < 4.78 is 0. The highest BCUT2D eigenvalue weighted by molar-refractivity contribution is 5.85. The monoisotopic (exact) mass is 278 g/mol. The van der Waals surface area contributed by atoms with Gasteiger partial charge in [-0.3, -0.25) is 9.59 Å². The van der Waals surface area contributed by atoms with Gasteiger partial charge in [0.15, 0.2) is 0 Å². The van der Waals surface area contributed by atoms with Gasteiger partial charge in [0, 0.05) is 12.1 Å². The summed E-state index contributed by atoms with van der Waals surface area (Å²) in [6.07, 6.45) is 6.15. The summed E-state index contributed by atoms with van der Waals surface area (Å²) in [6.45, 7) is 0.965. The van der Waals surface area contributed by atoms with Crippen LogP contribution in [0.15, 0.2) is 0 Å². The fourth-order valence-electron chi connectivity index (χ4n) is 5.22. The Morgan fingerprint density at radius 3 is 2.75 bits per heavy atom. The molecule has 0 aromatic rings. The molecular weight excluding hydrogens is 256 g/mol. The lowest BCUT2D eigenvalue weighted by Crippen LogP contribution is -2.49. The minimum absolute atomic E-state index is 0.0434. The molecule has 6 unspecified atom stereocenters. The first-order chi connectivity index (χ1) is 9.66. The molecule has 0 aromatic carbocycles. The number of carbonyl (C=O) groups excluding carboxylic acids is 1. The summed E-state index contributed by atoms with van der Waals surface area (Å²) in [4.78, 5) is 26.1. The first-order valence-electron chi connectivity index (χ1n) is 7.95. The number of carboxylic acids is 1. The summed E-state index contributed by atoms with van der Waals surface area (Å²) in [5.74, 6) is 0.285. The van der Waals surface area contributed by atoms with E-state index in [1.165, 1.54) is 12.8 Å². The van der Waals surface area contributed by atoms with Gasteiger partial charge in [-0.2, -0.15) is 0 Å². The largest absolute Gasteiger partial charge is 0.481 e. The van der Waals surface area contributed by atoms with Crippen LogP contribution in [0.3, 0.4) is 0 Å². The van der Waals surface area contributed by atoms with Crippen LogP contribution in [0.1, 0.15) is 38.5 Å². The van der Waals surface area contributed by atoms with Gasteiger partial charge in [-0.05, 0) is 50.5 Å². The van der Waals surface area contributed by atoms with E-state index in [1.54, 1.807) is 0 Å². The van der Waals surface area contributed by atoms with E-state index in [-0.39, 0.29) is 30.0 Å². The van der Waals surface area contributed by atoms with Crippen LogP contribution in [0, 0.1) is 17.8 Å². The molecule has 1 saturated carbocycles. The molecule has 110 valence electrons. The maximum Gasteiger partial charge on any atom is 0.308 e. The van der Waals surface area contributed by atoms with Crippen LogP contribution >= 0.6 is 0 Å². The normalized spacial score (nSPS) is 45.9. The molecule has 4 fully saturated rings. The number of rotatable bonds is 2. The van der Waals surface area contributed by atoms with Gasteiger partial charge in [0.25, 0.3) is 0 Å². The van der Waals surface area contributed by atoms with Crippen molar-refractivity contribution in [3.05, 3.63) is 0 Å². The van der Waals surface area contributed by atoms with Crippen molar-refractivity contribution in [2.24, 2.45) is 17.8 Å². The van der Waals surface area contributed by atoms with Gasteiger partial charge in [0.1, 0.15) is 0 Å². The number of carboxylic acid groups (broad SMARTS) is 1. The maximum absolute atomic E-state index is 12.9. The molecule has 4 aliphatic rings. The minimum Gasteiger partial charge on any atom is -0.481 e. The van der Waals surface area contributed by atoms with Gasteiger partial charge < -0.3 is 15.3 Å². The lowest BCUT2D eigenvalue weighted by Gasteiger charge is -2.28. The molecule has 2 N–H and O–H groups in total. The number of nitrogens with one attached hydrogen (secondary N) is 1. The first kappa shape index (κ1) is 12.6.